The molecule has 0 spiro atoms. The summed E-state index contributed by atoms with van der Waals surface area (Å²) in [5.74, 6) is 0.0842. The standard InChI is InChI=1S/C16H26N2O2/c1-2-3-11-20-12-5-10-18-16(19)9-8-14-6-4-7-15(17)13-14/h4,6-7,13H,2-3,5,8-12,17H2,1H3,(H,18,19). The number of ether oxygens (including phenoxy) is 1. The third-order valence-electron chi connectivity index (χ3n) is 3.02. The van der Waals surface area contributed by atoms with Crippen LogP contribution in [0, 0.1) is 0 Å². The Bertz CT molecular complexity index is 394. The van der Waals surface area contributed by atoms with E-state index >= 15 is 0 Å². The number of nitrogens with two attached hydrogens (primary N) is 1. The molecule has 0 atom stereocenters. The van der Waals surface area contributed by atoms with Crippen LogP contribution in [-0.2, 0) is 16.0 Å². The number of carbonyl (C=O) groups is 1. The van der Waals surface area contributed by atoms with Gasteiger partial charge in [0.1, 0.15) is 0 Å². The van der Waals surface area contributed by atoms with E-state index in [0.717, 1.165) is 50.1 Å². The number of carbonyl (C=O) groups excluding carboxylic acids is 1. The van der Waals surface area contributed by atoms with E-state index in [1.54, 1.807) is 0 Å². The second kappa shape index (κ2) is 10.3. The van der Waals surface area contributed by atoms with Crippen molar-refractivity contribution in [1.29, 1.82) is 0 Å². The van der Waals surface area contributed by atoms with Gasteiger partial charge in [0.2, 0.25) is 5.91 Å². The third kappa shape index (κ3) is 7.79. The first kappa shape index (κ1) is 16.5. The number of hydrogen-bond acceptors (Lipinski definition) is 3. The van der Waals surface area contributed by atoms with E-state index in [4.69, 9.17) is 10.5 Å². The van der Waals surface area contributed by atoms with Gasteiger partial charge in [0.15, 0.2) is 0 Å². The van der Waals surface area contributed by atoms with E-state index in [1.807, 2.05) is 24.3 Å². The summed E-state index contributed by atoms with van der Waals surface area (Å²) < 4.78 is 5.43. The van der Waals surface area contributed by atoms with Gasteiger partial charge in [-0.3, -0.25) is 4.79 Å². The summed E-state index contributed by atoms with van der Waals surface area (Å²) in [6.45, 7) is 4.36. The Labute approximate surface area is 121 Å². The van der Waals surface area contributed by atoms with Crippen LogP contribution in [0.3, 0.4) is 0 Å². The lowest BCUT2D eigenvalue weighted by atomic mass is 10.1. The Balaban J connectivity index is 2.03. The highest BCUT2D eigenvalue weighted by molar-refractivity contribution is 5.76. The lowest BCUT2D eigenvalue weighted by molar-refractivity contribution is -0.121. The lowest BCUT2D eigenvalue weighted by Gasteiger charge is -2.06. The molecule has 0 aliphatic heterocycles. The molecule has 0 saturated carbocycles. The van der Waals surface area contributed by atoms with E-state index in [0.29, 0.717) is 13.0 Å². The second-order valence-corrected chi connectivity index (χ2v) is 4.91. The number of unbranched alkanes of at least 4 members (excludes halogenated alkanes) is 1. The van der Waals surface area contributed by atoms with Gasteiger partial charge in [-0.15, -0.1) is 0 Å². The van der Waals surface area contributed by atoms with Gasteiger partial charge in [0.25, 0.3) is 0 Å². The van der Waals surface area contributed by atoms with Crippen molar-refractivity contribution in [2.45, 2.75) is 39.0 Å². The third-order valence-corrected chi connectivity index (χ3v) is 3.02. The van der Waals surface area contributed by atoms with Gasteiger partial charge < -0.3 is 15.8 Å². The van der Waals surface area contributed by atoms with E-state index in [9.17, 15) is 4.79 Å². The largest absolute Gasteiger partial charge is 0.399 e. The highest BCUT2D eigenvalue weighted by atomic mass is 16.5. The number of nitrogens with one attached hydrogen (secondary N) is 1. The van der Waals surface area contributed by atoms with Crippen molar-refractivity contribution >= 4 is 11.6 Å². The molecule has 1 rings (SSSR count). The Morgan fingerprint density at radius 3 is 2.85 bits per heavy atom. The van der Waals surface area contributed by atoms with Crippen molar-refractivity contribution in [2.24, 2.45) is 0 Å². The van der Waals surface area contributed by atoms with Gasteiger partial charge in [-0.05, 0) is 37.0 Å². The van der Waals surface area contributed by atoms with Gasteiger partial charge in [0.05, 0.1) is 0 Å². The van der Waals surface area contributed by atoms with E-state index < -0.39 is 0 Å². The van der Waals surface area contributed by atoms with Gasteiger partial charge in [-0.25, -0.2) is 0 Å². The molecule has 0 aliphatic rings. The van der Waals surface area contributed by atoms with Crippen LogP contribution in [0.4, 0.5) is 5.69 Å². The molecule has 0 aliphatic carbocycles. The Morgan fingerprint density at radius 2 is 2.10 bits per heavy atom. The zero-order chi connectivity index (χ0) is 14.6. The number of hydrogen-bond donors (Lipinski definition) is 2. The molecule has 0 aromatic heterocycles. The maximum atomic E-state index is 11.7. The predicted octanol–water partition coefficient (Wildman–Crippen LogP) is 2.52. The van der Waals surface area contributed by atoms with Crippen LogP contribution in [-0.4, -0.2) is 25.7 Å². The first-order valence-electron chi connectivity index (χ1n) is 7.41. The van der Waals surface area contributed by atoms with Gasteiger partial charge in [-0.2, -0.15) is 0 Å². The average molecular weight is 278 g/mol. The van der Waals surface area contributed by atoms with Crippen molar-refractivity contribution in [2.75, 3.05) is 25.5 Å². The zero-order valence-electron chi connectivity index (χ0n) is 12.4. The molecule has 1 aromatic rings. The van der Waals surface area contributed by atoms with Crippen molar-refractivity contribution in [3.05, 3.63) is 29.8 Å². The van der Waals surface area contributed by atoms with Crippen molar-refractivity contribution < 1.29 is 9.53 Å². The summed E-state index contributed by atoms with van der Waals surface area (Å²) in [5, 5.41) is 2.91. The maximum absolute atomic E-state index is 11.7. The van der Waals surface area contributed by atoms with Gasteiger partial charge >= 0.3 is 0 Å². The first-order chi connectivity index (χ1) is 9.72. The highest BCUT2D eigenvalue weighted by Gasteiger charge is 2.02. The van der Waals surface area contributed by atoms with Crippen LogP contribution >= 0.6 is 0 Å². The molecular weight excluding hydrogens is 252 g/mol. The topological polar surface area (TPSA) is 64.3 Å². The van der Waals surface area contributed by atoms with E-state index in [2.05, 4.69) is 12.2 Å². The summed E-state index contributed by atoms with van der Waals surface area (Å²) in [5.41, 5.74) is 7.54. The molecule has 1 amide bonds. The molecule has 4 heteroatoms. The van der Waals surface area contributed by atoms with Crippen LogP contribution in [0.15, 0.2) is 24.3 Å². The van der Waals surface area contributed by atoms with Crippen LogP contribution in [0.5, 0.6) is 0 Å². The molecule has 1 aromatic carbocycles. The number of rotatable bonds is 10. The monoisotopic (exact) mass is 278 g/mol. The number of anilines is 1. The van der Waals surface area contributed by atoms with Crippen LogP contribution in [0.1, 0.15) is 38.2 Å². The normalized spacial score (nSPS) is 10.4. The average Bonchev–Trinajstić information content (AvgIpc) is 2.44. The molecule has 0 bridgehead atoms. The fourth-order valence-electron chi connectivity index (χ4n) is 1.85. The number of nitrogen functional groups attached to an aromatic ring is 1. The smallest absolute Gasteiger partial charge is 0.220 e. The maximum Gasteiger partial charge on any atom is 0.220 e. The number of amides is 1. The molecular formula is C16H26N2O2. The predicted molar refractivity (Wildman–Crippen MR) is 82.5 cm³/mol. The number of benzene rings is 1. The second-order valence-electron chi connectivity index (χ2n) is 4.91. The fraction of sp³-hybridized carbons (Fsp3) is 0.562. The molecule has 3 N–H and O–H groups in total. The minimum atomic E-state index is 0.0842. The molecule has 0 fully saturated rings. The van der Waals surface area contributed by atoms with Gasteiger partial charge in [0, 0.05) is 31.9 Å². The van der Waals surface area contributed by atoms with Gasteiger partial charge in [-0.1, -0.05) is 25.5 Å². The summed E-state index contributed by atoms with van der Waals surface area (Å²) in [4.78, 5) is 11.7. The summed E-state index contributed by atoms with van der Waals surface area (Å²) in [6, 6.07) is 7.67. The summed E-state index contributed by atoms with van der Waals surface area (Å²) >= 11 is 0. The fourth-order valence-corrected chi connectivity index (χ4v) is 1.85. The molecule has 0 unspecified atom stereocenters. The van der Waals surface area contributed by atoms with E-state index in [-0.39, 0.29) is 5.91 Å². The van der Waals surface area contributed by atoms with Crippen LogP contribution in [0.25, 0.3) is 0 Å². The summed E-state index contributed by atoms with van der Waals surface area (Å²) in [7, 11) is 0. The Kier molecular flexibility index (Phi) is 8.47. The lowest BCUT2D eigenvalue weighted by Crippen LogP contribution is -2.25. The Morgan fingerprint density at radius 1 is 1.30 bits per heavy atom. The minimum absolute atomic E-state index is 0.0842. The van der Waals surface area contributed by atoms with Crippen LogP contribution < -0.4 is 11.1 Å². The van der Waals surface area contributed by atoms with Crippen LogP contribution in [0.2, 0.25) is 0 Å². The highest BCUT2D eigenvalue weighted by Crippen LogP contribution is 2.08. The first-order valence-corrected chi connectivity index (χ1v) is 7.41. The Hall–Kier alpha value is -1.55. The van der Waals surface area contributed by atoms with Crippen molar-refractivity contribution in [1.82, 2.24) is 5.32 Å². The van der Waals surface area contributed by atoms with Crippen molar-refractivity contribution in [3.8, 4) is 0 Å². The molecule has 112 valence electrons. The molecule has 0 heterocycles. The molecule has 20 heavy (non-hydrogen) atoms. The number of aryl methyl sites for hydroxylation is 1. The molecule has 0 saturated heterocycles. The molecule has 4 nitrogen and oxygen atoms in total. The molecule has 0 radical (unpaired) electrons. The van der Waals surface area contributed by atoms with Crippen molar-refractivity contribution in [3.63, 3.8) is 0 Å². The minimum Gasteiger partial charge on any atom is -0.399 e. The SMILES string of the molecule is CCCCOCCCNC(=O)CCc1cccc(N)c1. The van der Waals surface area contributed by atoms with E-state index in [1.165, 1.54) is 0 Å². The summed E-state index contributed by atoms with van der Waals surface area (Å²) in [6.07, 6.45) is 4.35. The zero-order valence-corrected chi connectivity index (χ0v) is 12.4. The quantitative estimate of drug-likeness (QED) is 0.510.